The molecule has 0 saturated heterocycles. The van der Waals surface area contributed by atoms with Gasteiger partial charge in [0.2, 0.25) is 5.89 Å². The second kappa shape index (κ2) is 7.61. The second-order valence-corrected chi connectivity index (χ2v) is 5.92. The van der Waals surface area contributed by atoms with E-state index in [1.165, 1.54) is 11.8 Å². The van der Waals surface area contributed by atoms with Gasteiger partial charge < -0.3 is 9.15 Å². The van der Waals surface area contributed by atoms with E-state index in [0.717, 1.165) is 0 Å². The molecular formula is C12H12Cl2N2O3S. The minimum atomic E-state index is -0.551. The van der Waals surface area contributed by atoms with Crippen molar-refractivity contribution in [1.82, 2.24) is 10.2 Å². The van der Waals surface area contributed by atoms with Gasteiger partial charge in [-0.15, -0.1) is 16.7 Å². The van der Waals surface area contributed by atoms with Crippen molar-refractivity contribution >= 4 is 35.0 Å². The number of rotatable bonds is 7. The monoisotopic (exact) mass is 334 g/mol. The molecule has 1 aromatic carbocycles. The fraction of sp³-hybridized carbons (Fsp3) is 0.333. The Morgan fingerprint density at radius 1 is 1.45 bits per heavy atom. The Kier molecular flexibility index (Phi) is 5.82. The van der Waals surface area contributed by atoms with Gasteiger partial charge in [-0.25, -0.2) is 9.89 Å². The first-order valence-electron chi connectivity index (χ1n) is 5.78. The van der Waals surface area contributed by atoms with Crippen molar-refractivity contribution in [3.63, 3.8) is 0 Å². The molecule has 0 bridgehead atoms. The van der Waals surface area contributed by atoms with Crippen LogP contribution in [0.5, 0.6) is 5.75 Å². The third-order valence-corrected chi connectivity index (χ3v) is 4.13. The molecule has 1 aromatic heterocycles. The molecule has 5 nitrogen and oxygen atoms in total. The van der Waals surface area contributed by atoms with Gasteiger partial charge in [0.05, 0.1) is 16.2 Å². The number of aromatic nitrogens is 2. The Labute approximate surface area is 129 Å². The highest BCUT2D eigenvalue weighted by Gasteiger charge is 2.09. The maximum Gasteiger partial charge on any atom is 0.434 e. The van der Waals surface area contributed by atoms with Crippen LogP contribution in [-0.4, -0.2) is 27.9 Å². The van der Waals surface area contributed by atoms with Crippen molar-refractivity contribution in [2.24, 2.45) is 0 Å². The quantitative estimate of drug-likeness (QED) is 0.788. The molecule has 108 valence electrons. The predicted molar refractivity (Wildman–Crippen MR) is 79.9 cm³/mol. The molecule has 0 aliphatic rings. The zero-order chi connectivity index (χ0) is 14.4. The number of alkyl halides is 1. The highest BCUT2D eigenvalue weighted by molar-refractivity contribution is 7.98. The number of benzene rings is 1. The van der Waals surface area contributed by atoms with Crippen LogP contribution in [0, 0.1) is 0 Å². The van der Waals surface area contributed by atoms with E-state index >= 15 is 0 Å². The molecule has 1 N–H and O–H groups in total. The van der Waals surface area contributed by atoms with Gasteiger partial charge in [0.15, 0.2) is 0 Å². The molecule has 2 aromatic rings. The molecule has 0 aliphatic heterocycles. The van der Waals surface area contributed by atoms with Crippen LogP contribution < -0.4 is 10.5 Å². The number of para-hydroxylation sites is 1. The number of aromatic amines is 1. The van der Waals surface area contributed by atoms with Crippen molar-refractivity contribution in [3.8, 4) is 5.75 Å². The molecule has 20 heavy (non-hydrogen) atoms. The third kappa shape index (κ3) is 4.77. The molecule has 0 amide bonds. The molecule has 1 heterocycles. The molecule has 0 fully saturated rings. The molecule has 1 unspecified atom stereocenters. The van der Waals surface area contributed by atoms with Crippen molar-refractivity contribution in [2.45, 2.75) is 11.1 Å². The zero-order valence-electron chi connectivity index (χ0n) is 10.3. The molecule has 0 saturated carbocycles. The van der Waals surface area contributed by atoms with Crippen molar-refractivity contribution in [2.75, 3.05) is 12.4 Å². The Morgan fingerprint density at radius 2 is 2.25 bits per heavy atom. The maximum absolute atomic E-state index is 10.7. The summed E-state index contributed by atoms with van der Waals surface area (Å²) < 4.78 is 10.3. The average Bonchev–Trinajstić information content (AvgIpc) is 2.83. The molecule has 0 aliphatic carbocycles. The number of H-pyrrole nitrogens is 1. The number of hydrogen-bond donors (Lipinski definition) is 1. The number of nitrogens with one attached hydrogen (secondary N) is 1. The van der Waals surface area contributed by atoms with Crippen molar-refractivity contribution < 1.29 is 9.15 Å². The summed E-state index contributed by atoms with van der Waals surface area (Å²) in [5.74, 6) is 1.54. The first kappa shape index (κ1) is 15.3. The maximum atomic E-state index is 10.7. The third-order valence-electron chi connectivity index (χ3n) is 2.26. The fourth-order valence-electron chi connectivity index (χ4n) is 1.39. The van der Waals surface area contributed by atoms with Crippen LogP contribution in [0.1, 0.15) is 5.89 Å². The first-order chi connectivity index (χ1) is 9.65. The van der Waals surface area contributed by atoms with Gasteiger partial charge in [-0.2, -0.15) is 11.8 Å². The first-order valence-corrected chi connectivity index (χ1v) is 7.75. The molecule has 2 rings (SSSR count). The van der Waals surface area contributed by atoms with Crippen molar-refractivity contribution in [1.29, 1.82) is 0 Å². The SMILES string of the molecule is O=c1[nH]nc(CSCC(Cl)COc2ccccc2Cl)o1. The van der Waals surface area contributed by atoms with Crippen LogP contribution in [-0.2, 0) is 5.75 Å². The molecule has 0 radical (unpaired) electrons. The van der Waals surface area contributed by atoms with Gasteiger partial charge in [-0.3, -0.25) is 0 Å². The Bertz CT molecular complexity index is 602. The fourth-order valence-corrected chi connectivity index (χ4v) is 2.68. The van der Waals surface area contributed by atoms with Crippen LogP contribution >= 0.6 is 35.0 Å². The average molecular weight is 335 g/mol. The number of thioether (sulfide) groups is 1. The Morgan fingerprint density at radius 3 is 2.95 bits per heavy atom. The number of halogens is 2. The number of ether oxygens (including phenoxy) is 1. The van der Waals surface area contributed by atoms with Gasteiger partial charge in [0.1, 0.15) is 12.4 Å². The minimum absolute atomic E-state index is 0.179. The molecule has 1 atom stereocenters. The summed E-state index contributed by atoms with van der Waals surface area (Å²) in [4.78, 5) is 10.7. The number of hydrogen-bond acceptors (Lipinski definition) is 5. The van der Waals surface area contributed by atoms with Gasteiger partial charge in [0.25, 0.3) is 0 Å². The van der Waals surface area contributed by atoms with E-state index < -0.39 is 5.76 Å². The summed E-state index contributed by atoms with van der Waals surface area (Å²) in [7, 11) is 0. The van der Waals surface area contributed by atoms with E-state index in [4.69, 9.17) is 32.4 Å². The minimum Gasteiger partial charge on any atom is -0.490 e. The number of nitrogens with zero attached hydrogens (tertiary/aromatic N) is 1. The second-order valence-electron chi connectivity index (χ2n) is 3.86. The molecular weight excluding hydrogens is 323 g/mol. The summed E-state index contributed by atoms with van der Waals surface area (Å²) in [5, 5.41) is 6.28. The molecule has 0 spiro atoms. The van der Waals surface area contributed by atoms with Crippen LogP contribution in [0.4, 0.5) is 0 Å². The highest BCUT2D eigenvalue weighted by atomic mass is 35.5. The van der Waals surface area contributed by atoms with E-state index in [2.05, 4.69) is 10.2 Å². The van der Waals surface area contributed by atoms with E-state index in [9.17, 15) is 4.79 Å². The lowest BCUT2D eigenvalue weighted by atomic mass is 10.3. The van der Waals surface area contributed by atoms with Gasteiger partial charge in [-0.1, -0.05) is 23.7 Å². The lowest BCUT2D eigenvalue weighted by Crippen LogP contribution is -2.14. The van der Waals surface area contributed by atoms with Crippen LogP contribution in [0.15, 0.2) is 33.5 Å². The van der Waals surface area contributed by atoms with Crippen LogP contribution in [0.3, 0.4) is 0 Å². The van der Waals surface area contributed by atoms with Gasteiger partial charge in [0, 0.05) is 5.75 Å². The standard InChI is InChI=1S/C12H12Cl2N2O3S/c13-8(5-18-10-4-2-1-3-9(10)14)6-20-7-11-15-16-12(17)19-11/h1-4,8H,5-7H2,(H,16,17). The van der Waals surface area contributed by atoms with E-state index in [1.54, 1.807) is 12.1 Å². The largest absolute Gasteiger partial charge is 0.490 e. The normalized spacial score (nSPS) is 12.3. The summed E-state index contributed by atoms with van der Waals surface area (Å²) in [5.41, 5.74) is 0. The Hall–Kier alpha value is -1.11. The summed E-state index contributed by atoms with van der Waals surface area (Å²) in [6.07, 6.45) is 0. The van der Waals surface area contributed by atoms with Crippen LogP contribution in [0.2, 0.25) is 5.02 Å². The summed E-state index contributed by atoms with van der Waals surface area (Å²) >= 11 is 13.6. The van der Waals surface area contributed by atoms with E-state index in [1.807, 2.05) is 12.1 Å². The van der Waals surface area contributed by atoms with Gasteiger partial charge in [-0.05, 0) is 12.1 Å². The lowest BCUT2D eigenvalue weighted by molar-refractivity contribution is 0.321. The summed E-state index contributed by atoms with van der Waals surface area (Å²) in [6, 6.07) is 7.23. The van der Waals surface area contributed by atoms with Crippen LogP contribution in [0.25, 0.3) is 0 Å². The lowest BCUT2D eigenvalue weighted by Gasteiger charge is -2.11. The van der Waals surface area contributed by atoms with Gasteiger partial charge >= 0.3 is 5.76 Å². The van der Waals surface area contributed by atoms with E-state index in [0.29, 0.717) is 34.8 Å². The topological polar surface area (TPSA) is 68.1 Å². The highest BCUT2D eigenvalue weighted by Crippen LogP contribution is 2.24. The predicted octanol–water partition coefficient (Wildman–Crippen LogP) is 2.94. The zero-order valence-corrected chi connectivity index (χ0v) is 12.7. The van der Waals surface area contributed by atoms with Crippen molar-refractivity contribution in [3.05, 3.63) is 45.7 Å². The summed E-state index contributed by atoms with van der Waals surface area (Å²) in [6.45, 7) is 0.350. The van der Waals surface area contributed by atoms with E-state index in [-0.39, 0.29) is 5.38 Å². The Balaban J connectivity index is 1.69. The molecule has 8 heteroatoms. The smallest absolute Gasteiger partial charge is 0.434 e.